The molecule has 9 heteroatoms. The Bertz CT molecular complexity index is 1190. The molecule has 2 fully saturated rings. The van der Waals surface area contributed by atoms with Crippen molar-refractivity contribution < 1.29 is 22.4 Å². The molecule has 0 aromatic heterocycles. The first-order valence-electron chi connectivity index (χ1n) is 12.4. The number of carbonyl (C=O) groups is 2. The summed E-state index contributed by atoms with van der Waals surface area (Å²) in [5.41, 5.74) is 8.12. The van der Waals surface area contributed by atoms with Gasteiger partial charge in [0.2, 0.25) is 11.8 Å². The first-order valence-corrected chi connectivity index (χ1v) is 14.5. The Balaban J connectivity index is 1.42. The van der Waals surface area contributed by atoms with Gasteiger partial charge in [0.05, 0.1) is 0 Å². The van der Waals surface area contributed by atoms with E-state index in [0.29, 0.717) is 43.7 Å². The van der Waals surface area contributed by atoms with Gasteiger partial charge in [0, 0.05) is 43.5 Å². The molecule has 2 N–H and O–H groups in total. The standard InChI is InChI=1S/C27H34FN3O4S/c1-36(34,35)18-26(32)30(13-12-19-6-8-21(28)9-7-19)14-15-31-22-10-11-23(31)17-20(16-22)24-4-2-3-5-25(24)27(29)33/h2-9,20,22-23H,10-18H2,1H3,(H2,29,33). The van der Waals surface area contributed by atoms with Crippen molar-refractivity contribution in [3.63, 3.8) is 0 Å². The van der Waals surface area contributed by atoms with Gasteiger partial charge in [-0.3, -0.25) is 14.5 Å². The van der Waals surface area contributed by atoms with Gasteiger partial charge in [0.15, 0.2) is 9.84 Å². The van der Waals surface area contributed by atoms with Crippen LogP contribution in [-0.2, 0) is 21.1 Å². The normalized spacial score (nSPS) is 21.9. The summed E-state index contributed by atoms with van der Waals surface area (Å²) >= 11 is 0. The summed E-state index contributed by atoms with van der Waals surface area (Å²) in [7, 11) is -3.45. The molecule has 2 bridgehead atoms. The zero-order valence-electron chi connectivity index (χ0n) is 20.6. The third-order valence-electron chi connectivity index (χ3n) is 7.50. The summed E-state index contributed by atoms with van der Waals surface area (Å²) in [6.45, 7) is 1.47. The fourth-order valence-corrected chi connectivity index (χ4v) is 6.43. The number of nitrogens with zero attached hydrogens (tertiary/aromatic N) is 2. The third kappa shape index (κ3) is 6.50. The highest BCUT2D eigenvalue weighted by Gasteiger charge is 2.41. The minimum absolute atomic E-state index is 0.267. The lowest BCUT2D eigenvalue weighted by Crippen LogP contribution is -2.48. The molecule has 4 rings (SSSR count). The number of piperidine rings is 1. The van der Waals surface area contributed by atoms with Gasteiger partial charge in [-0.15, -0.1) is 0 Å². The van der Waals surface area contributed by atoms with Crippen LogP contribution in [0.25, 0.3) is 0 Å². The van der Waals surface area contributed by atoms with Gasteiger partial charge in [-0.05, 0) is 67.3 Å². The Hall–Kier alpha value is -2.78. The second kappa shape index (κ2) is 11.1. The summed E-state index contributed by atoms with van der Waals surface area (Å²) in [5, 5.41) is 0. The highest BCUT2D eigenvalue weighted by molar-refractivity contribution is 7.91. The van der Waals surface area contributed by atoms with Crippen LogP contribution in [0.5, 0.6) is 0 Å². The minimum atomic E-state index is -3.45. The fourth-order valence-electron chi connectivity index (χ4n) is 5.80. The zero-order chi connectivity index (χ0) is 25.9. The van der Waals surface area contributed by atoms with Crippen molar-refractivity contribution in [3.8, 4) is 0 Å². The van der Waals surface area contributed by atoms with Crippen molar-refractivity contribution in [2.75, 3.05) is 31.6 Å². The smallest absolute Gasteiger partial charge is 0.248 e. The number of rotatable bonds is 10. The SMILES string of the molecule is CS(=O)(=O)CC(=O)N(CCc1ccc(F)cc1)CCN1C2CCC1CC(c1ccccc1C(N)=O)C2. The van der Waals surface area contributed by atoms with E-state index in [1.165, 1.54) is 12.1 Å². The highest BCUT2D eigenvalue weighted by atomic mass is 32.2. The fraction of sp³-hybridized carbons (Fsp3) is 0.481. The number of sulfone groups is 1. The molecule has 0 aliphatic carbocycles. The average Bonchev–Trinajstić information content (AvgIpc) is 3.05. The lowest BCUT2D eigenvalue weighted by atomic mass is 9.82. The molecule has 2 aliphatic heterocycles. The number of halogens is 1. The molecule has 2 aromatic rings. The first kappa shape index (κ1) is 26.3. The van der Waals surface area contributed by atoms with Crippen LogP contribution in [0.2, 0.25) is 0 Å². The molecular formula is C27H34FN3O4S. The van der Waals surface area contributed by atoms with E-state index in [0.717, 1.165) is 43.1 Å². The van der Waals surface area contributed by atoms with E-state index in [-0.39, 0.29) is 11.7 Å². The summed E-state index contributed by atoms with van der Waals surface area (Å²) in [5.74, 6) is -1.38. The summed E-state index contributed by atoms with van der Waals surface area (Å²) in [6, 6.07) is 14.4. The van der Waals surface area contributed by atoms with Gasteiger partial charge in [0.25, 0.3) is 0 Å². The Morgan fingerprint density at radius 1 is 1.03 bits per heavy atom. The predicted octanol–water partition coefficient (Wildman–Crippen LogP) is 2.75. The van der Waals surface area contributed by atoms with Gasteiger partial charge >= 0.3 is 0 Å². The second-order valence-corrected chi connectivity index (χ2v) is 12.2. The third-order valence-corrected chi connectivity index (χ3v) is 8.27. The van der Waals surface area contributed by atoms with E-state index in [1.807, 2.05) is 18.2 Å². The van der Waals surface area contributed by atoms with Crippen molar-refractivity contribution in [1.29, 1.82) is 0 Å². The molecule has 36 heavy (non-hydrogen) atoms. The van der Waals surface area contributed by atoms with E-state index in [1.54, 1.807) is 23.1 Å². The van der Waals surface area contributed by atoms with Gasteiger partial charge in [-0.2, -0.15) is 0 Å². The lowest BCUT2D eigenvalue weighted by Gasteiger charge is -2.40. The highest BCUT2D eigenvalue weighted by Crippen LogP contribution is 2.43. The molecule has 2 amide bonds. The predicted molar refractivity (Wildman–Crippen MR) is 137 cm³/mol. The Kier molecular flexibility index (Phi) is 8.10. The molecule has 0 saturated carbocycles. The van der Waals surface area contributed by atoms with E-state index in [2.05, 4.69) is 4.90 Å². The van der Waals surface area contributed by atoms with Gasteiger partial charge < -0.3 is 10.6 Å². The Labute approximate surface area is 212 Å². The van der Waals surface area contributed by atoms with Crippen LogP contribution in [0.15, 0.2) is 48.5 Å². The van der Waals surface area contributed by atoms with Crippen molar-refractivity contribution >= 4 is 21.7 Å². The van der Waals surface area contributed by atoms with E-state index in [4.69, 9.17) is 5.73 Å². The van der Waals surface area contributed by atoms with Crippen molar-refractivity contribution in [3.05, 3.63) is 71.0 Å². The largest absolute Gasteiger partial charge is 0.366 e. The number of primary amides is 1. The van der Waals surface area contributed by atoms with E-state index in [9.17, 15) is 22.4 Å². The molecule has 2 atom stereocenters. The molecule has 2 aromatic carbocycles. The summed E-state index contributed by atoms with van der Waals surface area (Å²) < 4.78 is 36.8. The maximum atomic E-state index is 13.2. The molecule has 7 nitrogen and oxygen atoms in total. The van der Waals surface area contributed by atoms with Crippen LogP contribution >= 0.6 is 0 Å². The summed E-state index contributed by atoms with van der Waals surface area (Å²) in [6.07, 6.45) is 5.56. The van der Waals surface area contributed by atoms with Gasteiger partial charge in [0.1, 0.15) is 11.6 Å². The Morgan fingerprint density at radius 3 is 2.28 bits per heavy atom. The quantitative estimate of drug-likeness (QED) is 0.525. The number of hydrogen-bond donors (Lipinski definition) is 1. The number of carbonyl (C=O) groups excluding carboxylic acids is 2. The topological polar surface area (TPSA) is 101 Å². The number of amides is 2. The molecule has 0 spiro atoms. The van der Waals surface area contributed by atoms with Crippen molar-refractivity contribution in [1.82, 2.24) is 9.80 Å². The molecule has 0 radical (unpaired) electrons. The Morgan fingerprint density at radius 2 is 1.67 bits per heavy atom. The van der Waals surface area contributed by atoms with Gasteiger partial charge in [-0.25, -0.2) is 12.8 Å². The molecule has 194 valence electrons. The van der Waals surface area contributed by atoms with Crippen molar-refractivity contribution in [2.45, 2.75) is 50.1 Å². The van der Waals surface area contributed by atoms with Crippen LogP contribution in [0.4, 0.5) is 4.39 Å². The minimum Gasteiger partial charge on any atom is -0.366 e. The molecular weight excluding hydrogens is 481 g/mol. The van der Waals surface area contributed by atoms with Crippen LogP contribution in [0.3, 0.4) is 0 Å². The van der Waals surface area contributed by atoms with E-state index >= 15 is 0 Å². The van der Waals surface area contributed by atoms with Crippen LogP contribution in [0.1, 0.15) is 53.1 Å². The number of benzene rings is 2. The maximum Gasteiger partial charge on any atom is 0.248 e. The molecule has 2 aliphatic rings. The zero-order valence-corrected chi connectivity index (χ0v) is 21.4. The molecule has 2 unspecified atom stereocenters. The van der Waals surface area contributed by atoms with E-state index < -0.39 is 27.4 Å². The number of nitrogens with two attached hydrogens (primary N) is 1. The second-order valence-electron chi connectivity index (χ2n) is 10.1. The van der Waals surface area contributed by atoms with Crippen molar-refractivity contribution in [2.24, 2.45) is 5.73 Å². The molecule has 2 heterocycles. The maximum absolute atomic E-state index is 13.2. The van der Waals surface area contributed by atoms with Gasteiger partial charge in [-0.1, -0.05) is 30.3 Å². The van der Waals surface area contributed by atoms with Crippen LogP contribution < -0.4 is 5.73 Å². The lowest BCUT2D eigenvalue weighted by molar-refractivity contribution is -0.128. The summed E-state index contributed by atoms with van der Waals surface area (Å²) in [4.78, 5) is 28.9. The number of hydrogen-bond acceptors (Lipinski definition) is 5. The number of fused-ring (bicyclic) bond motifs is 2. The monoisotopic (exact) mass is 515 g/mol. The van der Waals surface area contributed by atoms with Crippen LogP contribution in [-0.4, -0.2) is 73.8 Å². The van der Waals surface area contributed by atoms with Crippen LogP contribution in [0, 0.1) is 5.82 Å². The first-order chi connectivity index (χ1) is 17.1. The molecule has 2 saturated heterocycles. The average molecular weight is 516 g/mol.